The predicted octanol–water partition coefficient (Wildman–Crippen LogP) is 2.33. The second-order valence-electron chi connectivity index (χ2n) is 6.35. The van der Waals surface area contributed by atoms with Gasteiger partial charge in [-0.25, -0.2) is 0 Å². The van der Waals surface area contributed by atoms with Crippen LogP contribution in [0.2, 0.25) is 5.02 Å². The van der Waals surface area contributed by atoms with E-state index in [0.29, 0.717) is 18.7 Å². The lowest BCUT2D eigenvalue weighted by atomic mass is 9.54. The van der Waals surface area contributed by atoms with Crippen LogP contribution in [-0.2, 0) is 9.53 Å². The first-order valence-corrected chi connectivity index (χ1v) is 7.82. The molecule has 1 aromatic carbocycles. The summed E-state index contributed by atoms with van der Waals surface area (Å²) in [6.45, 7) is 6.32. The van der Waals surface area contributed by atoms with Crippen LogP contribution in [0.4, 0.5) is 5.69 Å². The molecular weight excluding hydrogens is 353 g/mol. The molecule has 134 valence electrons. The van der Waals surface area contributed by atoms with E-state index in [1.54, 1.807) is 6.07 Å². The molecule has 2 atom stereocenters. The number of primary amides is 1. The lowest BCUT2D eigenvalue weighted by Crippen LogP contribution is -2.74. The molecule has 1 aliphatic rings. The molecule has 0 spiro atoms. The third-order valence-corrected chi connectivity index (χ3v) is 5.04. The Bertz CT molecular complexity index is 651. The first kappa shape index (κ1) is 20.7. The zero-order valence-electron chi connectivity index (χ0n) is 13.9. The minimum atomic E-state index is -1.03. The van der Waals surface area contributed by atoms with Crippen molar-refractivity contribution in [3.8, 4) is 0 Å². The number of benzene rings is 1. The molecular formula is C16H23Cl2N3O3. The second kappa shape index (κ2) is 7.27. The van der Waals surface area contributed by atoms with Crippen LogP contribution in [0.25, 0.3) is 0 Å². The van der Waals surface area contributed by atoms with Crippen molar-refractivity contribution in [1.82, 2.24) is 0 Å². The summed E-state index contributed by atoms with van der Waals surface area (Å²) in [5.41, 5.74) is 10.7. The molecule has 0 heterocycles. The molecule has 24 heavy (non-hydrogen) atoms. The Labute approximate surface area is 152 Å². The van der Waals surface area contributed by atoms with Crippen LogP contribution in [0.5, 0.6) is 0 Å². The normalized spacial score (nSPS) is 24.5. The maximum Gasteiger partial charge on any atom is 0.250 e. The lowest BCUT2D eigenvalue weighted by Gasteiger charge is -2.57. The summed E-state index contributed by atoms with van der Waals surface area (Å²) < 4.78 is 5.62. The van der Waals surface area contributed by atoms with Gasteiger partial charge < -0.3 is 21.5 Å². The molecule has 2 unspecified atom stereocenters. The average Bonchev–Trinajstić information content (AvgIpc) is 2.46. The van der Waals surface area contributed by atoms with Crippen molar-refractivity contribution in [1.29, 1.82) is 0 Å². The van der Waals surface area contributed by atoms with Gasteiger partial charge in [-0.3, -0.25) is 9.59 Å². The third kappa shape index (κ3) is 3.37. The number of rotatable bonds is 5. The van der Waals surface area contributed by atoms with Crippen molar-refractivity contribution in [2.24, 2.45) is 16.9 Å². The Morgan fingerprint density at radius 1 is 1.42 bits per heavy atom. The molecule has 8 heteroatoms. The summed E-state index contributed by atoms with van der Waals surface area (Å²) in [6, 6.07) is 4.52. The fourth-order valence-electron chi connectivity index (χ4n) is 2.86. The van der Waals surface area contributed by atoms with Crippen molar-refractivity contribution in [3.05, 3.63) is 28.8 Å². The average molecular weight is 376 g/mol. The van der Waals surface area contributed by atoms with E-state index < -0.39 is 16.9 Å². The lowest BCUT2D eigenvalue weighted by molar-refractivity contribution is -0.166. The van der Waals surface area contributed by atoms with E-state index >= 15 is 0 Å². The first-order valence-electron chi connectivity index (χ1n) is 7.44. The molecule has 2 rings (SSSR count). The molecule has 0 radical (unpaired) electrons. The van der Waals surface area contributed by atoms with Crippen molar-refractivity contribution in [2.75, 3.05) is 11.9 Å². The number of ether oxygens (including phenoxy) is 1. The molecule has 0 bridgehead atoms. The van der Waals surface area contributed by atoms with Gasteiger partial charge in [0.15, 0.2) is 0 Å². The molecule has 0 saturated heterocycles. The smallest absolute Gasteiger partial charge is 0.250 e. The number of hydrogen-bond acceptors (Lipinski definition) is 4. The van der Waals surface area contributed by atoms with Crippen molar-refractivity contribution in [3.63, 3.8) is 0 Å². The van der Waals surface area contributed by atoms with Gasteiger partial charge in [0, 0.05) is 24.1 Å². The number of halogens is 2. The topological polar surface area (TPSA) is 107 Å². The highest BCUT2D eigenvalue weighted by Gasteiger charge is 2.62. The number of nitrogens with one attached hydrogen (secondary N) is 1. The van der Waals surface area contributed by atoms with Crippen LogP contribution in [0.1, 0.15) is 37.6 Å². The first-order chi connectivity index (χ1) is 10.6. The van der Waals surface area contributed by atoms with Gasteiger partial charge >= 0.3 is 0 Å². The minimum absolute atomic E-state index is 0. The highest BCUT2D eigenvalue weighted by molar-refractivity contribution is 6.34. The summed E-state index contributed by atoms with van der Waals surface area (Å²) in [5.74, 6) is -0.927. The van der Waals surface area contributed by atoms with E-state index in [1.165, 1.54) is 12.1 Å². The Hall–Kier alpha value is -1.34. The summed E-state index contributed by atoms with van der Waals surface area (Å²) in [4.78, 5) is 23.8. The van der Waals surface area contributed by atoms with Gasteiger partial charge in [0.1, 0.15) is 5.54 Å². The third-order valence-electron chi connectivity index (χ3n) is 4.73. The van der Waals surface area contributed by atoms with Crippen LogP contribution in [-0.4, -0.2) is 30.1 Å². The second-order valence-corrected chi connectivity index (χ2v) is 6.76. The number of amides is 2. The van der Waals surface area contributed by atoms with Gasteiger partial charge in [-0.2, -0.15) is 0 Å². The van der Waals surface area contributed by atoms with Gasteiger partial charge in [-0.15, -0.1) is 12.4 Å². The van der Waals surface area contributed by atoms with E-state index in [0.717, 1.165) is 0 Å². The number of carbonyl (C=O) groups is 2. The van der Waals surface area contributed by atoms with Crippen molar-refractivity contribution in [2.45, 2.75) is 38.8 Å². The number of carbonyl (C=O) groups excluding carboxylic acids is 2. The van der Waals surface area contributed by atoms with Crippen LogP contribution in [0.15, 0.2) is 18.2 Å². The van der Waals surface area contributed by atoms with Crippen LogP contribution in [0.3, 0.4) is 0 Å². The van der Waals surface area contributed by atoms with Gasteiger partial charge in [0.25, 0.3) is 0 Å². The predicted molar refractivity (Wildman–Crippen MR) is 96.6 cm³/mol. The molecule has 0 aliphatic heterocycles. The van der Waals surface area contributed by atoms with E-state index in [-0.39, 0.29) is 35.0 Å². The zero-order chi connectivity index (χ0) is 17.4. The zero-order valence-corrected chi connectivity index (χ0v) is 15.5. The highest BCUT2D eigenvalue weighted by atomic mass is 35.5. The Kier molecular flexibility index (Phi) is 6.27. The molecule has 1 fully saturated rings. The summed E-state index contributed by atoms with van der Waals surface area (Å²) in [5, 5.41) is 2.94. The van der Waals surface area contributed by atoms with E-state index in [4.69, 9.17) is 27.8 Å². The SMILES string of the molecule is CCOC1CC(N)(C(=O)Nc2ccc(C(N)=O)c(Cl)c2)C1(C)C.Cl. The number of anilines is 1. The maximum atomic E-state index is 12.6. The number of hydrogen-bond donors (Lipinski definition) is 3. The maximum absolute atomic E-state index is 12.6. The minimum Gasteiger partial charge on any atom is -0.378 e. The molecule has 1 aromatic rings. The fourth-order valence-corrected chi connectivity index (χ4v) is 3.13. The molecule has 6 nitrogen and oxygen atoms in total. The summed E-state index contributed by atoms with van der Waals surface area (Å²) in [7, 11) is 0. The van der Waals surface area contributed by atoms with E-state index in [1.807, 2.05) is 20.8 Å². The standard InChI is InChI=1S/C16H22ClN3O3.ClH/c1-4-23-12-8-16(19,15(12,2)3)14(22)20-9-5-6-10(13(18)21)11(17)7-9;/h5-7,12H,4,8,19H2,1-3H3,(H2,18,21)(H,20,22);1H. The largest absolute Gasteiger partial charge is 0.378 e. The Balaban J connectivity index is 0.00000288. The summed E-state index contributed by atoms with van der Waals surface area (Å²) in [6.07, 6.45) is 0.399. The van der Waals surface area contributed by atoms with Crippen molar-refractivity contribution < 1.29 is 14.3 Å². The van der Waals surface area contributed by atoms with Gasteiger partial charge in [0.05, 0.1) is 16.7 Å². The Morgan fingerprint density at radius 3 is 2.50 bits per heavy atom. The van der Waals surface area contributed by atoms with Gasteiger partial charge in [-0.1, -0.05) is 25.4 Å². The van der Waals surface area contributed by atoms with Crippen LogP contribution >= 0.6 is 24.0 Å². The monoisotopic (exact) mass is 375 g/mol. The van der Waals surface area contributed by atoms with E-state index in [2.05, 4.69) is 5.32 Å². The molecule has 1 saturated carbocycles. The van der Waals surface area contributed by atoms with Crippen molar-refractivity contribution >= 4 is 41.5 Å². The highest BCUT2D eigenvalue weighted by Crippen LogP contribution is 2.50. The number of nitrogens with two attached hydrogens (primary N) is 2. The molecule has 2 amide bonds. The van der Waals surface area contributed by atoms with Gasteiger partial charge in [0.2, 0.25) is 11.8 Å². The molecule has 1 aliphatic carbocycles. The van der Waals surface area contributed by atoms with E-state index in [9.17, 15) is 9.59 Å². The fraction of sp³-hybridized carbons (Fsp3) is 0.500. The molecule has 5 N–H and O–H groups in total. The Morgan fingerprint density at radius 2 is 2.04 bits per heavy atom. The van der Waals surface area contributed by atoms with Crippen LogP contribution < -0.4 is 16.8 Å². The van der Waals surface area contributed by atoms with Crippen LogP contribution in [0, 0.1) is 5.41 Å². The summed E-state index contributed by atoms with van der Waals surface area (Å²) >= 11 is 5.99. The quantitative estimate of drug-likeness (QED) is 0.733. The van der Waals surface area contributed by atoms with Gasteiger partial charge in [-0.05, 0) is 25.1 Å². The molecule has 0 aromatic heterocycles.